The Hall–Kier alpha value is -3.38. The average Bonchev–Trinajstić information content (AvgIpc) is 2.78. The number of alkyl halides is 6. The molecule has 0 heterocycles. The number of rotatable bonds is 7. The van der Waals surface area contributed by atoms with E-state index in [0.29, 0.717) is 17.7 Å². The van der Waals surface area contributed by atoms with E-state index in [1.54, 1.807) is 37.3 Å². The van der Waals surface area contributed by atoms with Gasteiger partial charge in [-0.1, -0.05) is 48.0 Å². The summed E-state index contributed by atoms with van der Waals surface area (Å²) in [6, 6.07) is 12.8. The van der Waals surface area contributed by atoms with Crippen molar-refractivity contribution in [2.45, 2.75) is 36.6 Å². The molecule has 0 aliphatic rings. The fourth-order valence-electron chi connectivity index (χ4n) is 3.27. The highest BCUT2D eigenvalue weighted by Crippen LogP contribution is 2.37. The highest BCUT2D eigenvalue weighted by molar-refractivity contribution is 7.89. The summed E-state index contributed by atoms with van der Waals surface area (Å²) in [5.41, 5.74) is -2.74. The summed E-state index contributed by atoms with van der Waals surface area (Å²) in [5, 5.41) is 2.00. The number of hydrogen-bond acceptors (Lipinski definition) is 3. The van der Waals surface area contributed by atoms with Crippen LogP contribution >= 0.6 is 0 Å². The Morgan fingerprint density at radius 3 is 1.86 bits per heavy atom. The minimum absolute atomic E-state index is 0.0722. The lowest BCUT2D eigenvalue weighted by atomic mass is 10.1. The molecule has 0 spiro atoms. The molecular weight excluding hydrogens is 510 g/mol. The monoisotopic (exact) mass is 530 g/mol. The molecule has 2 N–H and O–H groups in total. The fraction of sp³-hybridized carbons (Fsp3) is 0.208. The van der Waals surface area contributed by atoms with Gasteiger partial charge in [0, 0.05) is 5.69 Å². The van der Waals surface area contributed by atoms with Crippen molar-refractivity contribution >= 4 is 21.6 Å². The first-order valence-corrected chi connectivity index (χ1v) is 11.9. The Balaban J connectivity index is 1.96. The minimum atomic E-state index is -5.11. The average molecular weight is 530 g/mol. The Morgan fingerprint density at radius 1 is 0.833 bits per heavy atom. The zero-order chi connectivity index (χ0) is 26.7. The number of nitrogens with one attached hydrogen (secondary N) is 2. The van der Waals surface area contributed by atoms with Gasteiger partial charge in [0.25, 0.3) is 0 Å². The van der Waals surface area contributed by atoms with Crippen molar-refractivity contribution < 1.29 is 39.6 Å². The number of aryl methyl sites for hydroxylation is 1. The van der Waals surface area contributed by atoms with E-state index in [4.69, 9.17) is 0 Å². The molecule has 1 atom stereocenters. The lowest BCUT2D eigenvalue weighted by molar-refractivity contribution is -0.143. The van der Waals surface area contributed by atoms with Gasteiger partial charge in [-0.05, 0) is 49.2 Å². The van der Waals surface area contributed by atoms with Crippen LogP contribution in [0.15, 0.2) is 77.7 Å². The Kier molecular flexibility index (Phi) is 7.79. The van der Waals surface area contributed by atoms with Crippen LogP contribution in [0.3, 0.4) is 0 Å². The first-order valence-electron chi connectivity index (χ1n) is 10.4. The zero-order valence-electron chi connectivity index (χ0n) is 18.6. The molecular formula is C24H20F6N2O3S. The van der Waals surface area contributed by atoms with Crippen molar-refractivity contribution in [3.8, 4) is 0 Å². The normalized spacial score (nSPS) is 13.3. The van der Waals surface area contributed by atoms with E-state index in [-0.39, 0.29) is 17.4 Å². The predicted molar refractivity (Wildman–Crippen MR) is 121 cm³/mol. The van der Waals surface area contributed by atoms with Gasteiger partial charge in [-0.15, -0.1) is 0 Å². The maximum atomic E-state index is 13.2. The lowest BCUT2D eigenvalue weighted by Crippen LogP contribution is -2.45. The molecule has 0 aliphatic carbocycles. The zero-order valence-corrected chi connectivity index (χ0v) is 19.4. The Morgan fingerprint density at radius 2 is 1.36 bits per heavy atom. The van der Waals surface area contributed by atoms with Crippen LogP contribution in [-0.4, -0.2) is 20.4 Å². The third kappa shape index (κ3) is 7.08. The summed E-state index contributed by atoms with van der Waals surface area (Å²) in [7, 11) is -4.27. The molecule has 0 bridgehead atoms. The summed E-state index contributed by atoms with van der Waals surface area (Å²) >= 11 is 0. The highest BCUT2D eigenvalue weighted by atomic mass is 32.2. The second-order valence-electron chi connectivity index (χ2n) is 7.96. The number of anilines is 1. The third-order valence-corrected chi connectivity index (χ3v) is 6.57. The van der Waals surface area contributed by atoms with Crippen LogP contribution in [0.5, 0.6) is 0 Å². The van der Waals surface area contributed by atoms with Gasteiger partial charge < -0.3 is 5.32 Å². The van der Waals surface area contributed by atoms with Gasteiger partial charge in [-0.2, -0.15) is 31.1 Å². The molecule has 3 aromatic carbocycles. The maximum absolute atomic E-state index is 13.2. The van der Waals surface area contributed by atoms with E-state index in [2.05, 4.69) is 4.72 Å². The van der Waals surface area contributed by atoms with Gasteiger partial charge >= 0.3 is 12.4 Å². The van der Waals surface area contributed by atoms with Crippen molar-refractivity contribution in [1.29, 1.82) is 0 Å². The maximum Gasteiger partial charge on any atom is 0.416 e. The molecule has 3 rings (SSSR count). The Bertz CT molecular complexity index is 1290. The van der Waals surface area contributed by atoms with Gasteiger partial charge in [0.05, 0.1) is 16.0 Å². The van der Waals surface area contributed by atoms with Crippen LogP contribution in [0.25, 0.3) is 0 Å². The van der Waals surface area contributed by atoms with E-state index < -0.39 is 51.1 Å². The van der Waals surface area contributed by atoms with E-state index in [1.807, 2.05) is 5.32 Å². The van der Waals surface area contributed by atoms with E-state index in [1.165, 1.54) is 24.3 Å². The Labute approximate surface area is 203 Å². The van der Waals surface area contributed by atoms with Crippen LogP contribution < -0.4 is 10.0 Å². The van der Waals surface area contributed by atoms with Crippen LogP contribution in [0.4, 0.5) is 32.0 Å². The minimum Gasteiger partial charge on any atom is -0.325 e. The quantitative estimate of drug-likeness (QED) is 0.393. The molecule has 0 unspecified atom stereocenters. The summed E-state index contributed by atoms with van der Waals surface area (Å²) < 4.78 is 107. The van der Waals surface area contributed by atoms with Crippen LogP contribution in [0.2, 0.25) is 0 Å². The number of carbonyl (C=O) groups excluding carboxylic acids is 1. The van der Waals surface area contributed by atoms with Crippen molar-refractivity contribution in [1.82, 2.24) is 4.72 Å². The summed E-state index contributed by atoms with van der Waals surface area (Å²) in [6.45, 7) is 1.74. The van der Waals surface area contributed by atoms with E-state index >= 15 is 0 Å². The third-order valence-electron chi connectivity index (χ3n) is 5.08. The number of benzene rings is 3. The number of hydrogen-bond donors (Lipinski definition) is 2. The SMILES string of the molecule is Cc1ccc(S(=O)(=O)N[C@@H](Cc2ccccc2)C(=O)Nc2cc(C(F)(F)F)cc(C(F)(F)F)c2)cc1. The van der Waals surface area contributed by atoms with Gasteiger partial charge in [0.15, 0.2) is 0 Å². The summed E-state index contributed by atoms with van der Waals surface area (Å²) in [5.74, 6) is -1.14. The van der Waals surface area contributed by atoms with Gasteiger partial charge in [-0.25, -0.2) is 8.42 Å². The predicted octanol–water partition coefficient (Wildman–Crippen LogP) is 5.56. The number of sulfonamides is 1. The first kappa shape index (κ1) is 27.2. The molecule has 0 aliphatic heterocycles. The molecule has 36 heavy (non-hydrogen) atoms. The molecule has 12 heteroatoms. The highest BCUT2D eigenvalue weighted by Gasteiger charge is 2.37. The summed E-state index contributed by atoms with van der Waals surface area (Å²) in [6.07, 6.45) is -10.4. The molecule has 0 fully saturated rings. The molecule has 192 valence electrons. The fourth-order valence-corrected chi connectivity index (χ4v) is 4.46. The van der Waals surface area contributed by atoms with Crippen molar-refractivity contribution in [2.75, 3.05) is 5.32 Å². The molecule has 1 amide bonds. The molecule has 0 saturated heterocycles. The molecule has 3 aromatic rings. The number of amides is 1. The van der Waals surface area contributed by atoms with E-state index in [9.17, 15) is 39.6 Å². The van der Waals surface area contributed by atoms with Crippen LogP contribution in [0, 0.1) is 6.92 Å². The summed E-state index contributed by atoms with van der Waals surface area (Å²) in [4.78, 5) is 12.8. The van der Waals surface area contributed by atoms with Gasteiger partial charge in [-0.3, -0.25) is 4.79 Å². The van der Waals surface area contributed by atoms with Gasteiger partial charge in [0.1, 0.15) is 6.04 Å². The standard InChI is InChI=1S/C24H20F6N2O3S/c1-15-7-9-20(10-8-15)36(34,35)32-21(11-16-5-3-2-4-6-16)22(33)31-19-13-17(23(25,26)27)12-18(14-19)24(28,29)30/h2-10,12-14,21,32H,11H2,1H3,(H,31,33)/t21-/m0/s1. The lowest BCUT2D eigenvalue weighted by Gasteiger charge is -2.20. The van der Waals surface area contributed by atoms with Crippen LogP contribution in [-0.2, 0) is 33.6 Å². The van der Waals surface area contributed by atoms with Gasteiger partial charge in [0.2, 0.25) is 15.9 Å². The molecule has 0 aromatic heterocycles. The molecule has 0 radical (unpaired) electrons. The van der Waals surface area contributed by atoms with Crippen LogP contribution in [0.1, 0.15) is 22.3 Å². The molecule has 5 nitrogen and oxygen atoms in total. The van der Waals surface area contributed by atoms with E-state index in [0.717, 1.165) is 5.56 Å². The largest absolute Gasteiger partial charge is 0.416 e. The smallest absolute Gasteiger partial charge is 0.325 e. The number of carbonyl (C=O) groups is 1. The van der Waals surface area contributed by atoms with Crippen molar-refractivity contribution in [2.24, 2.45) is 0 Å². The first-order chi connectivity index (χ1) is 16.6. The topological polar surface area (TPSA) is 75.3 Å². The van der Waals surface area contributed by atoms with Crippen molar-refractivity contribution in [3.05, 3.63) is 95.1 Å². The number of halogens is 6. The van der Waals surface area contributed by atoms with Crippen molar-refractivity contribution in [3.63, 3.8) is 0 Å². The molecule has 0 saturated carbocycles. The second-order valence-corrected chi connectivity index (χ2v) is 9.67. The second kappa shape index (κ2) is 10.3.